The van der Waals surface area contributed by atoms with E-state index in [4.69, 9.17) is 0 Å². The maximum absolute atomic E-state index is 13.4. The number of hydrogen-bond acceptors (Lipinski definition) is 5. The molecule has 2 fully saturated rings. The fourth-order valence-electron chi connectivity index (χ4n) is 4.72. The molecule has 2 N–H and O–H groups in total. The Morgan fingerprint density at radius 2 is 1.94 bits per heavy atom. The van der Waals surface area contributed by atoms with E-state index in [1.807, 2.05) is 42.6 Å². The second-order valence-electron chi connectivity index (χ2n) is 8.36. The second-order valence-corrected chi connectivity index (χ2v) is 9.45. The molecule has 7 heteroatoms. The Kier molecular flexibility index (Phi) is 4.08. The van der Waals surface area contributed by atoms with Crippen LogP contribution in [-0.4, -0.2) is 51.1 Å². The largest absolute Gasteiger partial charge is 0.504 e. The highest BCUT2D eigenvalue weighted by Gasteiger charge is 2.53. The van der Waals surface area contributed by atoms with E-state index in [1.54, 1.807) is 11.3 Å². The molecule has 156 valence electrons. The number of fused-ring (bicyclic) bond motifs is 1. The van der Waals surface area contributed by atoms with Crippen LogP contribution in [0.4, 0.5) is 5.69 Å². The Hall–Kier alpha value is -3.32. The van der Waals surface area contributed by atoms with Gasteiger partial charge in [-0.05, 0) is 36.6 Å². The molecule has 1 aliphatic heterocycles. The number of hydrogen-bond donors (Lipinski definition) is 2. The van der Waals surface area contributed by atoms with Crippen molar-refractivity contribution in [1.82, 2.24) is 14.9 Å². The third kappa shape index (κ3) is 2.99. The maximum Gasteiger partial charge on any atom is 0.264 e. The zero-order valence-corrected chi connectivity index (χ0v) is 17.7. The van der Waals surface area contributed by atoms with Crippen molar-refractivity contribution in [3.8, 4) is 16.2 Å². The van der Waals surface area contributed by atoms with E-state index < -0.39 is 0 Å². The minimum Gasteiger partial charge on any atom is -0.504 e. The van der Waals surface area contributed by atoms with Crippen LogP contribution in [0.15, 0.2) is 60.9 Å². The highest BCUT2D eigenvalue weighted by molar-refractivity contribution is 7.17. The van der Waals surface area contributed by atoms with Gasteiger partial charge < -0.3 is 19.9 Å². The molecule has 6 rings (SSSR count). The lowest BCUT2D eigenvalue weighted by Gasteiger charge is -2.43. The van der Waals surface area contributed by atoms with Gasteiger partial charge in [0.15, 0.2) is 5.75 Å². The average molecular weight is 431 g/mol. The van der Waals surface area contributed by atoms with E-state index in [2.05, 4.69) is 31.9 Å². The molecule has 0 radical (unpaired) electrons. The Balaban J connectivity index is 1.26. The number of benzene rings is 1. The number of amides is 1. The molecule has 3 aromatic heterocycles. The first-order valence-corrected chi connectivity index (χ1v) is 11.3. The number of anilines is 1. The van der Waals surface area contributed by atoms with Gasteiger partial charge in [0.2, 0.25) is 0 Å². The summed E-state index contributed by atoms with van der Waals surface area (Å²) in [5, 5.41) is 11.5. The molecule has 1 amide bonds. The summed E-state index contributed by atoms with van der Waals surface area (Å²) < 4.78 is 0. The summed E-state index contributed by atoms with van der Waals surface area (Å²) in [6.07, 6.45) is 5.33. The van der Waals surface area contributed by atoms with Crippen molar-refractivity contribution >= 4 is 34.0 Å². The SMILES string of the molecule is O=C(c1ccc(-c2ccccc2)s1)N1CCN(c2c(O)cnc3[nH]ccc23)CC12CC2. The molecule has 1 saturated heterocycles. The summed E-state index contributed by atoms with van der Waals surface area (Å²) in [6, 6.07) is 16.1. The fraction of sp³-hybridized carbons (Fsp3) is 0.250. The van der Waals surface area contributed by atoms with Gasteiger partial charge in [-0.25, -0.2) is 4.98 Å². The molecule has 4 aromatic rings. The van der Waals surface area contributed by atoms with Crippen LogP contribution in [0.25, 0.3) is 21.5 Å². The Labute approximate surface area is 183 Å². The number of nitrogens with one attached hydrogen (secondary N) is 1. The van der Waals surface area contributed by atoms with E-state index in [9.17, 15) is 9.90 Å². The molecule has 6 nitrogen and oxygen atoms in total. The van der Waals surface area contributed by atoms with Crippen LogP contribution in [0.1, 0.15) is 22.5 Å². The number of aromatic nitrogens is 2. The standard InChI is InChI=1S/C24H22N4O2S/c29-18-14-26-22-17(8-11-25-22)21(18)27-12-13-28(24(15-27)9-10-24)23(30)20-7-6-19(31-20)16-4-2-1-3-5-16/h1-8,11,14,29H,9-10,12-13,15H2,(H,25,26). The highest BCUT2D eigenvalue weighted by atomic mass is 32.1. The summed E-state index contributed by atoms with van der Waals surface area (Å²) in [4.78, 5) is 27.0. The number of H-pyrrole nitrogens is 1. The molecular weight excluding hydrogens is 408 g/mol. The van der Waals surface area contributed by atoms with Crippen molar-refractivity contribution in [2.75, 3.05) is 24.5 Å². The number of carbonyl (C=O) groups is 1. The summed E-state index contributed by atoms with van der Waals surface area (Å²) in [6.45, 7) is 2.06. The van der Waals surface area contributed by atoms with Crippen LogP contribution in [0.5, 0.6) is 5.75 Å². The molecule has 1 aromatic carbocycles. The number of nitrogens with zero attached hydrogens (tertiary/aromatic N) is 3. The van der Waals surface area contributed by atoms with Crippen LogP contribution in [0, 0.1) is 0 Å². The van der Waals surface area contributed by atoms with Gasteiger partial charge in [-0.3, -0.25) is 4.79 Å². The summed E-state index contributed by atoms with van der Waals surface area (Å²) in [5.41, 5.74) is 2.57. The molecule has 1 spiro atoms. The Morgan fingerprint density at radius 1 is 1.10 bits per heavy atom. The third-order valence-electron chi connectivity index (χ3n) is 6.45. The number of carbonyl (C=O) groups excluding carboxylic acids is 1. The van der Waals surface area contributed by atoms with E-state index >= 15 is 0 Å². The number of aromatic amines is 1. The van der Waals surface area contributed by atoms with Crippen LogP contribution < -0.4 is 4.90 Å². The predicted molar refractivity (Wildman–Crippen MR) is 123 cm³/mol. The average Bonchev–Trinajstić information content (AvgIpc) is 3.20. The number of thiophene rings is 1. The number of aromatic hydroxyl groups is 1. The smallest absolute Gasteiger partial charge is 0.264 e. The zero-order valence-electron chi connectivity index (χ0n) is 16.9. The van der Waals surface area contributed by atoms with Crippen molar-refractivity contribution in [1.29, 1.82) is 0 Å². The van der Waals surface area contributed by atoms with Gasteiger partial charge in [-0.15, -0.1) is 11.3 Å². The molecule has 1 aliphatic carbocycles. The normalized spacial score (nSPS) is 17.4. The van der Waals surface area contributed by atoms with Crippen molar-refractivity contribution < 1.29 is 9.90 Å². The van der Waals surface area contributed by atoms with Crippen LogP contribution in [-0.2, 0) is 0 Å². The molecular formula is C24H22N4O2S. The van der Waals surface area contributed by atoms with E-state index in [0.717, 1.165) is 51.4 Å². The lowest BCUT2D eigenvalue weighted by atomic mass is 10.1. The Bertz CT molecular complexity index is 1280. The molecule has 0 unspecified atom stereocenters. The maximum atomic E-state index is 13.4. The number of pyridine rings is 1. The van der Waals surface area contributed by atoms with Crippen molar-refractivity contribution in [3.05, 3.63) is 65.8 Å². The van der Waals surface area contributed by atoms with E-state index in [-0.39, 0.29) is 17.2 Å². The van der Waals surface area contributed by atoms with E-state index in [0.29, 0.717) is 13.1 Å². The topological polar surface area (TPSA) is 72.5 Å². The van der Waals surface area contributed by atoms with Gasteiger partial charge >= 0.3 is 0 Å². The molecule has 4 heterocycles. The van der Waals surface area contributed by atoms with E-state index in [1.165, 1.54) is 6.20 Å². The monoisotopic (exact) mass is 430 g/mol. The first kappa shape index (κ1) is 18.4. The minimum absolute atomic E-state index is 0.120. The highest BCUT2D eigenvalue weighted by Crippen LogP contribution is 2.48. The Morgan fingerprint density at radius 3 is 2.74 bits per heavy atom. The lowest BCUT2D eigenvalue weighted by Crippen LogP contribution is -2.57. The molecule has 1 saturated carbocycles. The van der Waals surface area contributed by atoms with Crippen LogP contribution in [0.2, 0.25) is 0 Å². The van der Waals surface area contributed by atoms with Crippen molar-refractivity contribution in [2.45, 2.75) is 18.4 Å². The number of piperazine rings is 1. The second kappa shape index (κ2) is 6.85. The van der Waals surface area contributed by atoms with Crippen molar-refractivity contribution in [2.24, 2.45) is 0 Å². The summed E-state index contributed by atoms with van der Waals surface area (Å²) in [7, 11) is 0. The van der Waals surface area contributed by atoms with Gasteiger partial charge in [0.1, 0.15) is 5.65 Å². The number of rotatable bonds is 3. The molecule has 31 heavy (non-hydrogen) atoms. The minimum atomic E-state index is -0.148. The van der Waals surface area contributed by atoms with Gasteiger partial charge in [0.25, 0.3) is 5.91 Å². The molecule has 2 aliphatic rings. The van der Waals surface area contributed by atoms with Gasteiger partial charge in [-0.1, -0.05) is 30.3 Å². The van der Waals surface area contributed by atoms with Crippen LogP contribution in [0.3, 0.4) is 0 Å². The first-order valence-electron chi connectivity index (χ1n) is 10.5. The van der Waals surface area contributed by atoms with Gasteiger partial charge in [0, 0.05) is 36.1 Å². The lowest BCUT2D eigenvalue weighted by molar-refractivity contribution is 0.0630. The first-order chi connectivity index (χ1) is 15.1. The third-order valence-corrected chi connectivity index (χ3v) is 7.58. The summed E-state index contributed by atoms with van der Waals surface area (Å²) in [5.74, 6) is 0.309. The summed E-state index contributed by atoms with van der Waals surface area (Å²) >= 11 is 1.56. The molecule has 0 atom stereocenters. The van der Waals surface area contributed by atoms with Gasteiger partial charge in [-0.2, -0.15) is 0 Å². The quantitative estimate of drug-likeness (QED) is 0.502. The molecule has 0 bridgehead atoms. The zero-order chi connectivity index (χ0) is 21.0. The van der Waals surface area contributed by atoms with Gasteiger partial charge in [0.05, 0.1) is 22.3 Å². The predicted octanol–water partition coefficient (Wildman–Crippen LogP) is 4.49. The fourth-order valence-corrected chi connectivity index (χ4v) is 5.68. The van der Waals surface area contributed by atoms with Crippen LogP contribution >= 0.6 is 11.3 Å². The van der Waals surface area contributed by atoms with Crippen molar-refractivity contribution in [3.63, 3.8) is 0 Å².